The maximum absolute atomic E-state index is 5.62. The van der Waals surface area contributed by atoms with Crippen molar-refractivity contribution < 1.29 is 4.74 Å². The zero-order valence-electron chi connectivity index (χ0n) is 14.7. The van der Waals surface area contributed by atoms with Crippen molar-refractivity contribution in [2.45, 2.75) is 44.6 Å². The molecule has 2 aliphatic rings. The van der Waals surface area contributed by atoms with Crippen molar-refractivity contribution in [1.29, 1.82) is 0 Å². The van der Waals surface area contributed by atoms with Crippen molar-refractivity contribution in [3.05, 3.63) is 24.3 Å². The largest absolute Gasteiger partial charge is 0.495 e. The summed E-state index contributed by atoms with van der Waals surface area (Å²) in [4.78, 5) is 4.97. The van der Waals surface area contributed by atoms with Crippen LogP contribution in [0.25, 0.3) is 0 Å². The number of thiocarbonyl (C=S) groups is 1. The molecule has 0 atom stereocenters. The molecule has 0 amide bonds. The van der Waals surface area contributed by atoms with Crippen molar-refractivity contribution in [2.24, 2.45) is 0 Å². The molecule has 0 unspecified atom stereocenters. The molecule has 1 N–H and O–H groups in total. The maximum atomic E-state index is 5.62. The molecule has 2 fully saturated rings. The van der Waals surface area contributed by atoms with E-state index in [1.165, 1.54) is 38.5 Å². The second-order valence-electron chi connectivity index (χ2n) is 6.80. The Hall–Kier alpha value is -1.33. The summed E-state index contributed by atoms with van der Waals surface area (Å²) in [7, 11) is 1.69. The van der Waals surface area contributed by atoms with Crippen LogP contribution in [0.15, 0.2) is 24.3 Å². The number of para-hydroxylation sites is 2. The van der Waals surface area contributed by atoms with Crippen molar-refractivity contribution in [1.82, 2.24) is 9.80 Å². The Bertz CT molecular complexity index is 535. The highest BCUT2D eigenvalue weighted by molar-refractivity contribution is 7.80. The molecule has 0 radical (unpaired) electrons. The first-order chi connectivity index (χ1) is 11.8. The number of piperazine rings is 1. The number of ether oxygens (including phenoxy) is 1. The molecule has 1 saturated carbocycles. The van der Waals surface area contributed by atoms with Crippen molar-refractivity contribution in [3.8, 4) is 5.75 Å². The average Bonchev–Trinajstić information content (AvgIpc) is 2.92. The van der Waals surface area contributed by atoms with Gasteiger partial charge in [-0.25, -0.2) is 0 Å². The van der Waals surface area contributed by atoms with Gasteiger partial charge in [0.05, 0.1) is 12.8 Å². The lowest BCUT2D eigenvalue weighted by molar-refractivity contribution is 0.122. The van der Waals surface area contributed by atoms with E-state index < -0.39 is 0 Å². The lowest BCUT2D eigenvalue weighted by atomic mass is 10.1. The Balaban J connectivity index is 1.51. The fourth-order valence-corrected chi connectivity index (χ4v) is 4.15. The van der Waals surface area contributed by atoms with Crippen LogP contribution in [0.4, 0.5) is 5.69 Å². The summed E-state index contributed by atoms with van der Waals surface area (Å²) >= 11 is 5.62. The molecular weight excluding hydrogens is 318 g/mol. The zero-order valence-corrected chi connectivity index (χ0v) is 15.5. The zero-order chi connectivity index (χ0) is 16.8. The van der Waals surface area contributed by atoms with Crippen LogP contribution in [-0.2, 0) is 0 Å². The number of hydrogen-bond acceptors (Lipinski definition) is 3. The molecule has 0 aromatic heterocycles. The minimum atomic E-state index is 0.797. The number of anilines is 1. The van der Waals surface area contributed by atoms with Crippen LogP contribution in [0.1, 0.15) is 38.5 Å². The molecule has 1 saturated heterocycles. The first-order valence-corrected chi connectivity index (χ1v) is 9.62. The monoisotopic (exact) mass is 347 g/mol. The molecule has 1 aromatic rings. The number of methoxy groups -OCH3 is 1. The van der Waals surface area contributed by atoms with Gasteiger partial charge in [0.15, 0.2) is 5.11 Å². The van der Waals surface area contributed by atoms with Gasteiger partial charge in [-0.15, -0.1) is 0 Å². The van der Waals surface area contributed by atoms with Gasteiger partial charge in [-0.3, -0.25) is 4.90 Å². The van der Waals surface area contributed by atoms with Gasteiger partial charge in [0.2, 0.25) is 0 Å². The number of nitrogens with zero attached hydrogens (tertiary/aromatic N) is 2. The molecule has 1 aliphatic heterocycles. The summed E-state index contributed by atoms with van der Waals surface area (Å²) in [5, 5.41) is 4.15. The molecule has 1 heterocycles. The lowest BCUT2D eigenvalue weighted by Gasteiger charge is -2.40. The highest BCUT2D eigenvalue weighted by atomic mass is 32.1. The van der Waals surface area contributed by atoms with E-state index in [1.807, 2.05) is 24.3 Å². The van der Waals surface area contributed by atoms with E-state index in [4.69, 9.17) is 17.0 Å². The molecule has 24 heavy (non-hydrogen) atoms. The van der Waals surface area contributed by atoms with Gasteiger partial charge in [-0.2, -0.15) is 0 Å². The average molecular weight is 348 g/mol. The van der Waals surface area contributed by atoms with E-state index >= 15 is 0 Å². The summed E-state index contributed by atoms with van der Waals surface area (Å²) in [6.45, 7) is 4.27. The Morgan fingerprint density at radius 1 is 1.04 bits per heavy atom. The molecule has 132 valence electrons. The fourth-order valence-electron chi connectivity index (χ4n) is 3.86. The summed E-state index contributed by atoms with van der Waals surface area (Å²) in [5.41, 5.74) is 0.941. The second kappa shape index (κ2) is 8.67. The third kappa shape index (κ3) is 4.39. The van der Waals surface area contributed by atoms with Gasteiger partial charge in [-0.05, 0) is 37.2 Å². The van der Waals surface area contributed by atoms with Crippen LogP contribution in [-0.4, -0.2) is 54.2 Å². The van der Waals surface area contributed by atoms with Crippen molar-refractivity contribution >= 4 is 23.0 Å². The molecule has 1 aromatic carbocycles. The summed E-state index contributed by atoms with van der Waals surface area (Å²) in [6.07, 6.45) is 8.40. The quantitative estimate of drug-likeness (QED) is 0.664. The van der Waals surface area contributed by atoms with Gasteiger partial charge >= 0.3 is 0 Å². The van der Waals surface area contributed by atoms with E-state index in [2.05, 4.69) is 15.1 Å². The normalized spacial score (nSPS) is 20.5. The SMILES string of the molecule is COc1ccccc1NC(=S)N1CCN(C2CCCCCC2)CC1. The molecule has 0 bridgehead atoms. The smallest absolute Gasteiger partial charge is 0.173 e. The Kier molecular flexibility index (Phi) is 6.32. The lowest BCUT2D eigenvalue weighted by Crippen LogP contribution is -2.52. The van der Waals surface area contributed by atoms with E-state index in [0.29, 0.717) is 0 Å². The van der Waals surface area contributed by atoms with E-state index in [0.717, 1.165) is 48.8 Å². The number of nitrogens with one attached hydrogen (secondary N) is 1. The summed E-state index contributed by atoms with van der Waals surface area (Å²) in [6, 6.07) is 8.73. The number of benzene rings is 1. The predicted octanol–water partition coefficient (Wildman–Crippen LogP) is 3.73. The van der Waals surface area contributed by atoms with Crippen LogP contribution >= 0.6 is 12.2 Å². The van der Waals surface area contributed by atoms with Crippen molar-refractivity contribution in [3.63, 3.8) is 0 Å². The van der Waals surface area contributed by atoms with Gasteiger partial charge in [0.1, 0.15) is 5.75 Å². The maximum Gasteiger partial charge on any atom is 0.173 e. The van der Waals surface area contributed by atoms with Gasteiger partial charge in [0.25, 0.3) is 0 Å². The third-order valence-corrected chi connectivity index (χ3v) is 5.65. The molecule has 0 spiro atoms. The molecule has 4 nitrogen and oxygen atoms in total. The molecule has 3 rings (SSSR count). The second-order valence-corrected chi connectivity index (χ2v) is 7.19. The van der Waals surface area contributed by atoms with Crippen LogP contribution in [0.5, 0.6) is 5.75 Å². The van der Waals surface area contributed by atoms with E-state index in [9.17, 15) is 0 Å². The number of rotatable bonds is 3. The Labute approximate surface area is 151 Å². The Morgan fingerprint density at radius 3 is 2.38 bits per heavy atom. The highest BCUT2D eigenvalue weighted by Crippen LogP contribution is 2.25. The van der Waals surface area contributed by atoms with Crippen LogP contribution in [0.2, 0.25) is 0 Å². The van der Waals surface area contributed by atoms with Crippen LogP contribution in [0.3, 0.4) is 0 Å². The Morgan fingerprint density at radius 2 is 1.71 bits per heavy atom. The fraction of sp³-hybridized carbons (Fsp3) is 0.632. The highest BCUT2D eigenvalue weighted by Gasteiger charge is 2.25. The van der Waals surface area contributed by atoms with Crippen molar-refractivity contribution in [2.75, 3.05) is 38.6 Å². The number of hydrogen-bond donors (Lipinski definition) is 1. The van der Waals surface area contributed by atoms with Crippen LogP contribution in [0, 0.1) is 0 Å². The topological polar surface area (TPSA) is 27.7 Å². The van der Waals surface area contributed by atoms with Gasteiger partial charge in [0, 0.05) is 32.2 Å². The standard InChI is InChI=1S/C19H29N3OS/c1-23-18-11-7-6-10-17(18)20-19(24)22-14-12-21(13-15-22)16-8-4-2-3-5-9-16/h6-7,10-11,16H,2-5,8-9,12-15H2,1H3,(H,20,24). The molecule has 1 aliphatic carbocycles. The molecular formula is C19H29N3OS. The van der Waals surface area contributed by atoms with Gasteiger partial charge in [-0.1, -0.05) is 37.8 Å². The minimum Gasteiger partial charge on any atom is -0.495 e. The van der Waals surface area contributed by atoms with Gasteiger partial charge < -0.3 is 15.0 Å². The molecule has 5 heteroatoms. The van der Waals surface area contributed by atoms with E-state index in [1.54, 1.807) is 7.11 Å². The first-order valence-electron chi connectivity index (χ1n) is 9.21. The summed E-state index contributed by atoms with van der Waals surface area (Å²) in [5.74, 6) is 0.831. The summed E-state index contributed by atoms with van der Waals surface area (Å²) < 4.78 is 5.39. The third-order valence-electron chi connectivity index (χ3n) is 5.29. The first kappa shape index (κ1) is 17.5. The predicted molar refractivity (Wildman–Crippen MR) is 104 cm³/mol. The minimum absolute atomic E-state index is 0.797. The van der Waals surface area contributed by atoms with E-state index in [-0.39, 0.29) is 0 Å². The van der Waals surface area contributed by atoms with Crippen LogP contribution < -0.4 is 10.1 Å².